The van der Waals surface area contributed by atoms with Crippen LogP contribution in [0.15, 0.2) is 35.4 Å². The third-order valence-electron chi connectivity index (χ3n) is 3.38. The monoisotopic (exact) mass is 349 g/mol. The number of amides is 1. The van der Waals surface area contributed by atoms with Crippen LogP contribution >= 0.6 is 0 Å². The Labute approximate surface area is 142 Å². The molecule has 0 aliphatic rings. The van der Waals surface area contributed by atoms with E-state index in [1.54, 1.807) is 12.3 Å². The highest BCUT2D eigenvalue weighted by Crippen LogP contribution is 2.24. The minimum absolute atomic E-state index is 0.103. The van der Waals surface area contributed by atoms with E-state index in [-0.39, 0.29) is 17.3 Å². The number of rotatable bonds is 4. The van der Waals surface area contributed by atoms with Crippen molar-refractivity contribution < 1.29 is 13.2 Å². The molecule has 6 nitrogen and oxygen atoms in total. The van der Waals surface area contributed by atoms with Crippen molar-refractivity contribution in [3.8, 4) is 0 Å². The van der Waals surface area contributed by atoms with Crippen LogP contribution < -0.4 is 5.32 Å². The van der Waals surface area contributed by atoms with E-state index in [2.05, 4.69) is 10.3 Å². The van der Waals surface area contributed by atoms with Gasteiger partial charge in [0, 0.05) is 24.2 Å². The molecule has 0 radical (unpaired) electrons. The Morgan fingerprint density at radius 3 is 2.58 bits per heavy atom. The van der Waals surface area contributed by atoms with E-state index in [1.165, 1.54) is 13.1 Å². The van der Waals surface area contributed by atoms with Gasteiger partial charge in [-0.2, -0.15) is 4.31 Å². The maximum absolute atomic E-state index is 12.8. The van der Waals surface area contributed by atoms with Gasteiger partial charge in [0.15, 0.2) is 0 Å². The van der Waals surface area contributed by atoms with Gasteiger partial charge in [0.1, 0.15) is 4.90 Å². The van der Waals surface area contributed by atoms with Gasteiger partial charge in [0.25, 0.3) is 0 Å². The van der Waals surface area contributed by atoms with Gasteiger partial charge < -0.3 is 5.32 Å². The van der Waals surface area contributed by atoms with Gasteiger partial charge in [0.2, 0.25) is 15.9 Å². The molecule has 130 valence electrons. The second-order valence-electron chi connectivity index (χ2n) is 6.90. The Morgan fingerprint density at radius 1 is 1.29 bits per heavy atom. The van der Waals surface area contributed by atoms with Crippen molar-refractivity contribution in [3.05, 3.63) is 36.0 Å². The smallest absolute Gasteiger partial charge is 0.245 e. The number of carbonyl (C=O) groups excluding carboxylic acids is 1. The maximum Gasteiger partial charge on any atom is 0.245 e. The molecule has 0 unspecified atom stereocenters. The summed E-state index contributed by atoms with van der Waals surface area (Å²) < 4.78 is 26.7. The van der Waals surface area contributed by atoms with E-state index < -0.39 is 15.6 Å². The third kappa shape index (κ3) is 4.10. The van der Waals surface area contributed by atoms with Crippen LogP contribution in [0.3, 0.4) is 0 Å². The molecule has 7 heteroatoms. The lowest BCUT2D eigenvalue weighted by Crippen LogP contribution is -2.46. The van der Waals surface area contributed by atoms with Crippen molar-refractivity contribution in [1.82, 2.24) is 14.6 Å². The van der Waals surface area contributed by atoms with Crippen LogP contribution in [0, 0.1) is 6.92 Å². The van der Waals surface area contributed by atoms with Gasteiger partial charge in [-0.3, -0.25) is 9.78 Å². The molecule has 1 amide bonds. The van der Waals surface area contributed by atoms with Gasteiger partial charge in [0.05, 0.1) is 12.1 Å². The molecule has 1 heterocycles. The summed E-state index contributed by atoms with van der Waals surface area (Å²) in [6.45, 7) is 7.18. The number of benzene rings is 1. The molecule has 0 atom stereocenters. The highest BCUT2D eigenvalue weighted by Gasteiger charge is 2.26. The zero-order chi connectivity index (χ0) is 18.1. The second kappa shape index (κ2) is 6.49. The number of sulfonamides is 1. The number of pyridine rings is 1. The summed E-state index contributed by atoms with van der Waals surface area (Å²) in [6.07, 6.45) is 1.63. The highest BCUT2D eigenvalue weighted by molar-refractivity contribution is 7.89. The number of nitrogens with one attached hydrogen (secondary N) is 1. The first-order valence-electron chi connectivity index (χ1n) is 7.63. The Hall–Kier alpha value is -1.99. The fourth-order valence-electron chi connectivity index (χ4n) is 2.36. The Balaban J connectivity index is 2.35. The van der Waals surface area contributed by atoms with Gasteiger partial charge in [-0.25, -0.2) is 8.42 Å². The summed E-state index contributed by atoms with van der Waals surface area (Å²) in [4.78, 5) is 16.4. The molecule has 0 aliphatic heterocycles. The lowest BCUT2D eigenvalue weighted by molar-refractivity contribution is -0.122. The summed E-state index contributed by atoms with van der Waals surface area (Å²) in [5.41, 5.74) is 0.946. The van der Waals surface area contributed by atoms with Gasteiger partial charge in [-0.05, 0) is 45.4 Å². The second-order valence-corrected chi connectivity index (χ2v) is 8.91. The fourth-order valence-corrected chi connectivity index (χ4v) is 3.65. The molecule has 2 aromatic rings. The number of para-hydroxylation sites is 1. The zero-order valence-electron chi connectivity index (χ0n) is 14.6. The van der Waals surface area contributed by atoms with E-state index in [0.29, 0.717) is 5.52 Å². The molecule has 24 heavy (non-hydrogen) atoms. The molecule has 1 N–H and O–H groups in total. The third-order valence-corrected chi connectivity index (χ3v) is 5.21. The number of aryl methyl sites for hydroxylation is 1. The Morgan fingerprint density at radius 2 is 1.96 bits per heavy atom. The number of hydrogen-bond donors (Lipinski definition) is 1. The van der Waals surface area contributed by atoms with E-state index in [1.807, 2.05) is 39.8 Å². The van der Waals surface area contributed by atoms with Crippen molar-refractivity contribution in [2.24, 2.45) is 0 Å². The SMILES string of the molecule is Cc1cnc2c(S(=O)(=O)N(C)CC(=O)NC(C)(C)C)cccc2c1. The molecule has 1 aromatic carbocycles. The number of aromatic nitrogens is 1. The maximum atomic E-state index is 12.8. The molecule has 0 saturated carbocycles. The van der Waals surface area contributed by atoms with Crippen LogP contribution in [0.2, 0.25) is 0 Å². The largest absolute Gasteiger partial charge is 0.350 e. The zero-order valence-corrected chi connectivity index (χ0v) is 15.4. The molecule has 0 aliphatic carbocycles. The van der Waals surface area contributed by atoms with Crippen LogP contribution in [0.25, 0.3) is 10.9 Å². The van der Waals surface area contributed by atoms with Gasteiger partial charge >= 0.3 is 0 Å². The van der Waals surface area contributed by atoms with Crippen LogP contribution in [-0.2, 0) is 14.8 Å². The Bertz CT molecular complexity index is 870. The summed E-state index contributed by atoms with van der Waals surface area (Å²) in [5.74, 6) is -0.349. The lowest BCUT2D eigenvalue weighted by atomic mass is 10.1. The van der Waals surface area contributed by atoms with Crippen molar-refractivity contribution >= 4 is 26.8 Å². The molecular weight excluding hydrogens is 326 g/mol. The molecule has 0 saturated heterocycles. The molecular formula is C17H23N3O3S. The average molecular weight is 349 g/mol. The summed E-state index contributed by atoms with van der Waals surface area (Å²) in [6, 6.07) is 6.89. The first-order chi connectivity index (χ1) is 11.0. The van der Waals surface area contributed by atoms with Crippen molar-refractivity contribution in [2.45, 2.75) is 38.1 Å². The van der Waals surface area contributed by atoms with Crippen LogP contribution in [0.4, 0.5) is 0 Å². The Kier molecular flexibility index (Phi) is 4.96. The molecule has 0 bridgehead atoms. The van der Waals surface area contributed by atoms with E-state index in [0.717, 1.165) is 15.3 Å². The normalized spacial score (nSPS) is 12.6. The number of nitrogens with zero attached hydrogens (tertiary/aromatic N) is 2. The van der Waals surface area contributed by atoms with Crippen molar-refractivity contribution in [2.75, 3.05) is 13.6 Å². The van der Waals surface area contributed by atoms with Crippen molar-refractivity contribution in [3.63, 3.8) is 0 Å². The molecule has 0 fully saturated rings. The standard InChI is InChI=1S/C17H23N3O3S/c1-12-9-13-7-6-8-14(16(13)18-10-12)24(22,23)20(5)11-15(21)19-17(2,3)4/h6-10H,11H2,1-5H3,(H,19,21). The quantitative estimate of drug-likeness (QED) is 0.916. The number of carbonyl (C=O) groups is 1. The number of hydrogen-bond acceptors (Lipinski definition) is 4. The minimum Gasteiger partial charge on any atom is -0.350 e. The van der Waals surface area contributed by atoms with E-state index in [9.17, 15) is 13.2 Å². The van der Waals surface area contributed by atoms with Gasteiger partial charge in [-0.1, -0.05) is 12.1 Å². The minimum atomic E-state index is -3.82. The average Bonchev–Trinajstić information content (AvgIpc) is 2.43. The number of fused-ring (bicyclic) bond motifs is 1. The first-order valence-corrected chi connectivity index (χ1v) is 9.07. The van der Waals surface area contributed by atoms with Crippen LogP contribution in [0.5, 0.6) is 0 Å². The fraction of sp³-hybridized carbons (Fsp3) is 0.412. The van der Waals surface area contributed by atoms with E-state index in [4.69, 9.17) is 0 Å². The number of likely N-dealkylation sites (N-methyl/N-ethyl adjacent to an activating group) is 1. The lowest BCUT2D eigenvalue weighted by Gasteiger charge is -2.23. The predicted octanol–water partition coefficient (Wildman–Crippen LogP) is 2.08. The molecule has 0 spiro atoms. The highest BCUT2D eigenvalue weighted by atomic mass is 32.2. The predicted molar refractivity (Wildman–Crippen MR) is 94.2 cm³/mol. The van der Waals surface area contributed by atoms with Crippen LogP contribution in [-0.4, -0.2) is 42.7 Å². The molecule has 2 rings (SSSR count). The van der Waals surface area contributed by atoms with Crippen molar-refractivity contribution in [1.29, 1.82) is 0 Å². The first kappa shape index (κ1) is 18.4. The summed E-state index contributed by atoms with van der Waals surface area (Å²) in [7, 11) is -2.43. The topological polar surface area (TPSA) is 79.4 Å². The van der Waals surface area contributed by atoms with Gasteiger partial charge in [-0.15, -0.1) is 0 Å². The van der Waals surface area contributed by atoms with Crippen LogP contribution in [0.1, 0.15) is 26.3 Å². The summed E-state index contributed by atoms with van der Waals surface area (Å²) >= 11 is 0. The summed E-state index contributed by atoms with van der Waals surface area (Å²) in [5, 5.41) is 3.51. The van der Waals surface area contributed by atoms with E-state index >= 15 is 0 Å². The molecule has 1 aromatic heterocycles.